The zero-order chi connectivity index (χ0) is 18.4. The van der Waals surface area contributed by atoms with E-state index in [-0.39, 0.29) is 12.0 Å². The monoisotopic (exact) mass is 362 g/mol. The summed E-state index contributed by atoms with van der Waals surface area (Å²) < 4.78 is 7.35. The van der Waals surface area contributed by atoms with E-state index in [1.54, 1.807) is 0 Å². The van der Waals surface area contributed by atoms with Crippen LogP contribution in [0.3, 0.4) is 0 Å². The first-order valence-corrected chi connectivity index (χ1v) is 9.51. The Morgan fingerprint density at radius 2 is 2.12 bits per heavy atom. The molecule has 1 amide bonds. The fourth-order valence-electron chi connectivity index (χ4n) is 3.54. The predicted molar refractivity (Wildman–Crippen MR) is 100 cm³/mol. The lowest BCUT2D eigenvalue weighted by atomic mass is 10.2. The van der Waals surface area contributed by atoms with E-state index in [1.165, 1.54) is 5.56 Å². The number of amides is 1. The molecule has 0 radical (unpaired) electrons. The largest absolute Gasteiger partial charge is 0.368 e. The minimum atomic E-state index is -0.216. The maximum Gasteiger partial charge on any atom is 0.251 e. The van der Waals surface area contributed by atoms with E-state index in [4.69, 9.17) is 4.74 Å². The van der Waals surface area contributed by atoms with Crippen molar-refractivity contribution in [3.8, 4) is 0 Å². The highest BCUT2D eigenvalue weighted by atomic mass is 16.5. The van der Waals surface area contributed by atoms with Gasteiger partial charge in [0.25, 0.3) is 5.91 Å². The molecule has 8 nitrogen and oxygen atoms in total. The summed E-state index contributed by atoms with van der Waals surface area (Å²) >= 11 is 0. The lowest BCUT2D eigenvalue weighted by molar-refractivity contribution is -0.142. The first-order chi connectivity index (χ1) is 12.7. The molecule has 0 aliphatic carbocycles. The van der Waals surface area contributed by atoms with Gasteiger partial charge in [-0.15, -0.1) is 0 Å². The van der Waals surface area contributed by atoms with Crippen molar-refractivity contribution in [1.29, 1.82) is 0 Å². The molecule has 26 heavy (non-hydrogen) atoms. The number of hydrogen-bond acceptors (Lipinski definition) is 4. The normalized spacial score (nSPS) is 21.3. The van der Waals surface area contributed by atoms with Gasteiger partial charge in [-0.25, -0.2) is 0 Å². The molecule has 1 atom stereocenters. The minimum Gasteiger partial charge on any atom is -0.368 e. The van der Waals surface area contributed by atoms with Gasteiger partial charge in [0.2, 0.25) is 0 Å². The molecule has 8 heteroatoms. The molecular weight excluding hydrogens is 332 g/mol. The lowest BCUT2D eigenvalue weighted by Crippen LogP contribution is -2.55. The number of rotatable bonds is 5. The third-order valence-electron chi connectivity index (χ3n) is 4.99. The lowest BCUT2D eigenvalue weighted by Gasteiger charge is -2.37. The van der Waals surface area contributed by atoms with Gasteiger partial charge in [-0.1, -0.05) is 0 Å². The highest BCUT2D eigenvalue weighted by molar-refractivity contribution is 5.82. The second-order valence-corrected chi connectivity index (χ2v) is 6.91. The summed E-state index contributed by atoms with van der Waals surface area (Å²) in [7, 11) is 3.75. The molecule has 1 unspecified atom stereocenters. The molecule has 2 aliphatic rings. The summed E-state index contributed by atoms with van der Waals surface area (Å²) in [5, 5.41) is 7.63. The highest BCUT2D eigenvalue weighted by Gasteiger charge is 2.30. The first-order valence-electron chi connectivity index (χ1n) is 9.51. The molecule has 0 saturated carbocycles. The zero-order valence-corrected chi connectivity index (χ0v) is 15.9. The fourth-order valence-corrected chi connectivity index (χ4v) is 3.54. The van der Waals surface area contributed by atoms with Crippen LogP contribution in [0.5, 0.6) is 0 Å². The van der Waals surface area contributed by atoms with Gasteiger partial charge in [-0.05, 0) is 31.2 Å². The summed E-state index contributed by atoms with van der Waals surface area (Å²) in [6, 6.07) is 0. The number of guanidine groups is 1. The Balaban J connectivity index is 1.38. The van der Waals surface area contributed by atoms with Gasteiger partial charge in [0, 0.05) is 59.6 Å². The van der Waals surface area contributed by atoms with E-state index in [0.717, 1.165) is 64.4 Å². The third kappa shape index (κ3) is 4.75. The minimum absolute atomic E-state index is 0.154. The van der Waals surface area contributed by atoms with E-state index in [2.05, 4.69) is 26.5 Å². The van der Waals surface area contributed by atoms with E-state index in [9.17, 15) is 4.79 Å². The molecule has 2 saturated heterocycles. The Bertz CT molecular complexity index is 615. The van der Waals surface area contributed by atoms with Crippen LogP contribution < -0.4 is 5.32 Å². The number of piperazine rings is 1. The Hall–Kier alpha value is -2.09. The Morgan fingerprint density at radius 3 is 2.73 bits per heavy atom. The molecule has 0 aromatic carbocycles. The fraction of sp³-hybridized carbons (Fsp3) is 0.722. The summed E-state index contributed by atoms with van der Waals surface area (Å²) in [4.78, 5) is 21.0. The van der Waals surface area contributed by atoms with Gasteiger partial charge < -0.3 is 19.9 Å². The van der Waals surface area contributed by atoms with E-state index in [1.807, 2.05) is 29.9 Å². The first kappa shape index (κ1) is 18.7. The van der Waals surface area contributed by atoms with Crippen LogP contribution in [0.2, 0.25) is 0 Å². The third-order valence-corrected chi connectivity index (χ3v) is 4.99. The summed E-state index contributed by atoms with van der Waals surface area (Å²) in [6.07, 6.45) is 7.64. The number of hydrogen-bond donors (Lipinski definition) is 1. The Morgan fingerprint density at radius 1 is 1.35 bits per heavy atom. The van der Waals surface area contributed by atoms with Crippen LogP contribution in [-0.2, 0) is 23.0 Å². The maximum absolute atomic E-state index is 12.4. The number of nitrogens with one attached hydrogen (secondary N) is 1. The van der Waals surface area contributed by atoms with E-state index < -0.39 is 0 Å². The van der Waals surface area contributed by atoms with Crippen LogP contribution in [0.4, 0.5) is 0 Å². The standard InChI is InChI=1S/C18H30N6O2/c1-19-18(20-7-3-5-15-13-21-22(2)14-15)24-10-8-23(9-11-24)17(25)16-6-4-12-26-16/h13-14,16H,3-12H2,1-2H3,(H,19,20). The molecule has 3 rings (SSSR count). The quantitative estimate of drug-likeness (QED) is 0.462. The van der Waals surface area contributed by atoms with Gasteiger partial charge in [0.05, 0.1) is 6.20 Å². The van der Waals surface area contributed by atoms with Crippen LogP contribution in [0, 0.1) is 0 Å². The Kier molecular flexibility index (Phi) is 6.49. The summed E-state index contributed by atoms with van der Waals surface area (Å²) in [5.41, 5.74) is 1.26. The van der Waals surface area contributed by atoms with Crippen molar-refractivity contribution >= 4 is 11.9 Å². The van der Waals surface area contributed by atoms with Crippen molar-refractivity contribution in [2.24, 2.45) is 12.0 Å². The van der Waals surface area contributed by atoms with Crippen LogP contribution >= 0.6 is 0 Å². The predicted octanol–water partition coefficient (Wildman–Crippen LogP) is 0.251. The van der Waals surface area contributed by atoms with Crippen molar-refractivity contribution in [1.82, 2.24) is 24.9 Å². The zero-order valence-electron chi connectivity index (χ0n) is 15.9. The molecule has 3 heterocycles. The van der Waals surface area contributed by atoms with Crippen LogP contribution in [0.15, 0.2) is 17.4 Å². The molecule has 1 aromatic heterocycles. The molecule has 0 spiro atoms. The molecular formula is C18H30N6O2. The second-order valence-electron chi connectivity index (χ2n) is 6.91. The summed E-state index contributed by atoms with van der Waals surface area (Å²) in [5.74, 6) is 1.07. The van der Waals surface area contributed by atoms with Crippen molar-refractivity contribution in [2.45, 2.75) is 31.8 Å². The SMILES string of the molecule is CN=C(NCCCc1cnn(C)c1)N1CCN(C(=O)C2CCCO2)CC1. The molecule has 2 fully saturated rings. The van der Waals surface area contributed by atoms with Gasteiger partial charge in [0.15, 0.2) is 5.96 Å². The van der Waals surface area contributed by atoms with Crippen LogP contribution in [0.25, 0.3) is 0 Å². The average molecular weight is 362 g/mol. The number of aromatic nitrogens is 2. The topological polar surface area (TPSA) is 75.0 Å². The molecule has 144 valence electrons. The van der Waals surface area contributed by atoms with Crippen molar-refractivity contribution in [2.75, 3.05) is 46.4 Å². The van der Waals surface area contributed by atoms with Crippen LogP contribution in [0.1, 0.15) is 24.8 Å². The van der Waals surface area contributed by atoms with Gasteiger partial charge in [-0.2, -0.15) is 5.10 Å². The highest BCUT2D eigenvalue weighted by Crippen LogP contribution is 2.16. The average Bonchev–Trinajstić information content (AvgIpc) is 3.33. The number of aryl methyl sites for hydroxylation is 2. The van der Waals surface area contributed by atoms with Gasteiger partial charge in [0.1, 0.15) is 6.10 Å². The van der Waals surface area contributed by atoms with Crippen molar-refractivity contribution in [3.05, 3.63) is 18.0 Å². The van der Waals surface area contributed by atoms with Crippen LogP contribution in [-0.4, -0.2) is 83.9 Å². The summed E-state index contributed by atoms with van der Waals surface area (Å²) in [6.45, 7) is 4.66. The molecule has 1 N–H and O–H groups in total. The number of ether oxygens (including phenoxy) is 1. The molecule has 0 bridgehead atoms. The molecule has 2 aliphatic heterocycles. The maximum atomic E-state index is 12.4. The van der Waals surface area contributed by atoms with Crippen molar-refractivity contribution in [3.63, 3.8) is 0 Å². The number of aliphatic imine (C=N–C) groups is 1. The number of carbonyl (C=O) groups is 1. The van der Waals surface area contributed by atoms with E-state index in [0.29, 0.717) is 6.61 Å². The Labute approximate surface area is 155 Å². The van der Waals surface area contributed by atoms with Gasteiger partial charge in [-0.3, -0.25) is 14.5 Å². The van der Waals surface area contributed by atoms with Gasteiger partial charge >= 0.3 is 0 Å². The molecule has 1 aromatic rings. The number of carbonyl (C=O) groups excluding carboxylic acids is 1. The van der Waals surface area contributed by atoms with Crippen molar-refractivity contribution < 1.29 is 9.53 Å². The van der Waals surface area contributed by atoms with E-state index >= 15 is 0 Å². The smallest absolute Gasteiger partial charge is 0.251 e. The number of nitrogens with zero attached hydrogens (tertiary/aromatic N) is 5. The second kappa shape index (κ2) is 9.02.